The Morgan fingerprint density at radius 1 is 1.04 bits per heavy atom. The lowest BCUT2D eigenvalue weighted by Gasteiger charge is -2.32. The summed E-state index contributed by atoms with van der Waals surface area (Å²) in [5.41, 5.74) is 2.86. The van der Waals surface area contributed by atoms with Gasteiger partial charge in [-0.2, -0.15) is 0 Å². The zero-order valence-electron chi connectivity index (χ0n) is 17.6. The Labute approximate surface area is 158 Å². The third-order valence-corrected chi connectivity index (χ3v) is 4.59. The molecule has 0 bridgehead atoms. The summed E-state index contributed by atoms with van der Waals surface area (Å²) in [6.07, 6.45) is 0.902. The van der Waals surface area contributed by atoms with Crippen molar-refractivity contribution in [1.29, 1.82) is 0 Å². The zero-order valence-corrected chi connectivity index (χ0v) is 17.6. The third kappa shape index (κ3) is 5.75. The first-order chi connectivity index (χ1) is 12.1. The Morgan fingerprint density at radius 2 is 1.65 bits per heavy atom. The maximum Gasteiger partial charge on any atom is 0.226 e. The van der Waals surface area contributed by atoms with Gasteiger partial charge >= 0.3 is 0 Å². The lowest BCUT2D eigenvalue weighted by Crippen LogP contribution is -2.40. The molecule has 1 aromatic carbocycles. The minimum absolute atomic E-state index is 0.00871. The number of hydrogen-bond donors (Lipinski definition) is 1. The lowest BCUT2D eigenvalue weighted by molar-refractivity contribution is -0.137. The molecule has 2 amide bonds. The molecule has 0 saturated heterocycles. The summed E-state index contributed by atoms with van der Waals surface area (Å²) in [4.78, 5) is 28.7. The van der Waals surface area contributed by atoms with Crippen molar-refractivity contribution in [2.75, 3.05) is 24.3 Å². The molecule has 0 radical (unpaired) electrons. The third-order valence-electron chi connectivity index (χ3n) is 4.59. The van der Waals surface area contributed by atoms with Crippen molar-refractivity contribution in [3.8, 4) is 0 Å². The molecule has 1 aromatic rings. The molecule has 5 heteroatoms. The van der Waals surface area contributed by atoms with E-state index in [1.54, 1.807) is 0 Å². The van der Waals surface area contributed by atoms with E-state index in [0.717, 1.165) is 23.4 Å². The number of amides is 2. The van der Waals surface area contributed by atoms with Gasteiger partial charge in [0.2, 0.25) is 11.8 Å². The van der Waals surface area contributed by atoms with Crippen LogP contribution in [0.25, 0.3) is 0 Å². The molecule has 0 aliphatic heterocycles. The number of anilines is 2. The highest BCUT2D eigenvalue weighted by atomic mass is 16.2. The van der Waals surface area contributed by atoms with Crippen LogP contribution in [0.5, 0.6) is 0 Å². The van der Waals surface area contributed by atoms with E-state index in [4.69, 9.17) is 0 Å². The predicted molar refractivity (Wildman–Crippen MR) is 109 cm³/mol. The van der Waals surface area contributed by atoms with Crippen LogP contribution in [0.15, 0.2) is 18.2 Å². The number of carbonyl (C=O) groups excluding carboxylic acids is 2. The number of nitrogens with one attached hydrogen (secondary N) is 1. The van der Waals surface area contributed by atoms with Gasteiger partial charge in [0.25, 0.3) is 0 Å². The number of nitrogens with zero attached hydrogens (tertiary/aromatic N) is 2. The molecule has 0 spiro atoms. The van der Waals surface area contributed by atoms with Crippen LogP contribution in [-0.4, -0.2) is 36.9 Å². The molecule has 146 valence electrons. The van der Waals surface area contributed by atoms with Gasteiger partial charge in [-0.15, -0.1) is 0 Å². The van der Waals surface area contributed by atoms with E-state index < -0.39 is 0 Å². The van der Waals surface area contributed by atoms with Gasteiger partial charge in [-0.25, -0.2) is 0 Å². The molecule has 1 atom stereocenters. The van der Waals surface area contributed by atoms with Gasteiger partial charge in [0.05, 0.1) is 0 Å². The van der Waals surface area contributed by atoms with Crippen LogP contribution in [-0.2, 0) is 16.1 Å². The zero-order chi connectivity index (χ0) is 20.0. The Kier molecular flexibility index (Phi) is 8.12. The molecule has 0 saturated carbocycles. The molecule has 0 aliphatic rings. The first-order valence-electron chi connectivity index (χ1n) is 9.50. The van der Waals surface area contributed by atoms with E-state index in [0.29, 0.717) is 6.54 Å². The second-order valence-corrected chi connectivity index (χ2v) is 7.76. The molecule has 0 aliphatic carbocycles. The summed E-state index contributed by atoms with van der Waals surface area (Å²) >= 11 is 0. The van der Waals surface area contributed by atoms with Crippen LogP contribution in [0.1, 0.15) is 53.5 Å². The van der Waals surface area contributed by atoms with Gasteiger partial charge < -0.3 is 15.1 Å². The van der Waals surface area contributed by atoms with Gasteiger partial charge in [-0.3, -0.25) is 9.59 Å². The van der Waals surface area contributed by atoms with Crippen molar-refractivity contribution in [2.45, 2.75) is 60.5 Å². The Balaban J connectivity index is 3.23. The number of benzene rings is 1. The fourth-order valence-electron chi connectivity index (χ4n) is 2.70. The van der Waals surface area contributed by atoms with E-state index in [2.05, 4.69) is 19.2 Å². The first-order valence-corrected chi connectivity index (χ1v) is 9.50. The summed E-state index contributed by atoms with van der Waals surface area (Å²) in [5.74, 6) is 0.0213. The van der Waals surface area contributed by atoms with Gasteiger partial charge in [-0.1, -0.05) is 34.6 Å². The molecule has 0 aromatic heterocycles. The van der Waals surface area contributed by atoms with Crippen molar-refractivity contribution in [3.63, 3.8) is 0 Å². The van der Waals surface area contributed by atoms with Crippen LogP contribution in [0.3, 0.4) is 0 Å². The summed E-state index contributed by atoms with van der Waals surface area (Å²) in [5, 5.41) is 2.96. The maximum absolute atomic E-state index is 12.7. The fraction of sp³-hybridized carbons (Fsp3) is 0.619. The van der Waals surface area contributed by atoms with E-state index in [1.807, 2.05) is 69.8 Å². The van der Waals surface area contributed by atoms with E-state index in [9.17, 15) is 9.59 Å². The number of rotatable bonds is 8. The summed E-state index contributed by atoms with van der Waals surface area (Å²) in [6, 6.07) is 6.06. The molecule has 26 heavy (non-hydrogen) atoms. The van der Waals surface area contributed by atoms with E-state index >= 15 is 0 Å². The monoisotopic (exact) mass is 361 g/mol. The van der Waals surface area contributed by atoms with Gasteiger partial charge in [0.1, 0.15) is 0 Å². The van der Waals surface area contributed by atoms with Crippen molar-refractivity contribution in [2.24, 2.45) is 11.8 Å². The SMILES string of the molecule is CC[C@@H](C)N(Cc1cc(NC(=O)C(C)C)ccc1N(C)C)C(=O)C(C)C. The lowest BCUT2D eigenvalue weighted by atomic mass is 10.1. The summed E-state index contributed by atoms with van der Waals surface area (Å²) in [7, 11) is 3.98. The highest BCUT2D eigenvalue weighted by molar-refractivity contribution is 5.92. The molecular weight excluding hydrogens is 326 g/mol. The predicted octanol–water partition coefficient (Wildman–Crippen LogP) is 4.13. The minimum Gasteiger partial charge on any atom is -0.377 e. The standard InChI is InChI=1S/C21H35N3O2/c1-9-16(6)24(21(26)15(4)5)13-17-12-18(22-20(25)14(2)3)10-11-19(17)23(7)8/h10-12,14-16H,9,13H2,1-8H3,(H,22,25)/t16-/m1/s1. The van der Waals surface area contributed by atoms with Gasteiger partial charge in [-0.05, 0) is 37.1 Å². The highest BCUT2D eigenvalue weighted by Crippen LogP contribution is 2.26. The van der Waals surface area contributed by atoms with Gasteiger partial charge in [0, 0.05) is 49.9 Å². The topological polar surface area (TPSA) is 52.7 Å². The molecule has 0 fully saturated rings. The quantitative estimate of drug-likeness (QED) is 0.757. The highest BCUT2D eigenvalue weighted by Gasteiger charge is 2.23. The fourth-order valence-corrected chi connectivity index (χ4v) is 2.70. The number of hydrogen-bond acceptors (Lipinski definition) is 3. The molecule has 0 unspecified atom stereocenters. The smallest absolute Gasteiger partial charge is 0.226 e. The van der Waals surface area contributed by atoms with E-state index in [-0.39, 0.29) is 29.7 Å². The largest absolute Gasteiger partial charge is 0.377 e. The van der Waals surface area contributed by atoms with Crippen LogP contribution in [0, 0.1) is 11.8 Å². The molecule has 5 nitrogen and oxygen atoms in total. The molecular formula is C21H35N3O2. The van der Waals surface area contributed by atoms with Crippen molar-refractivity contribution in [1.82, 2.24) is 4.90 Å². The average molecular weight is 362 g/mol. The second-order valence-electron chi connectivity index (χ2n) is 7.76. The Morgan fingerprint density at radius 3 is 2.12 bits per heavy atom. The Hall–Kier alpha value is -2.04. The van der Waals surface area contributed by atoms with Crippen LogP contribution in [0.2, 0.25) is 0 Å². The van der Waals surface area contributed by atoms with Crippen LogP contribution in [0.4, 0.5) is 11.4 Å². The average Bonchev–Trinajstić information content (AvgIpc) is 2.57. The van der Waals surface area contributed by atoms with E-state index in [1.165, 1.54) is 0 Å². The number of carbonyl (C=O) groups is 2. The first kappa shape index (κ1) is 22.0. The maximum atomic E-state index is 12.7. The summed E-state index contributed by atoms with van der Waals surface area (Å²) < 4.78 is 0. The summed E-state index contributed by atoms with van der Waals surface area (Å²) in [6.45, 7) is 12.3. The molecule has 0 heterocycles. The normalized spacial score (nSPS) is 12.2. The van der Waals surface area contributed by atoms with Gasteiger partial charge in [0.15, 0.2) is 0 Å². The molecule has 1 rings (SSSR count). The minimum atomic E-state index is -0.0777. The van der Waals surface area contributed by atoms with Crippen LogP contribution >= 0.6 is 0 Å². The van der Waals surface area contributed by atoms with Crippen molar-refractivity contribution < 1.29 is 9.59 Å². The molecule has 1 N–H and O–H groups in total. The van der Waals surface area contributed by atoms with Crippen LogP contribution < -0.4 is 10.2 Å². The van der Waals surface area contributed by atoms with Crippen molar-refractivity contribution >= 4 is 23.2 Å². The van der Waals surface area contributed by atoms with Crippen molar-refractivity contribution in [3.05, 3.63) is 23.8 Å². The second kappa shape index (κ2) is 9.60. The Bertz CT molecular complexity index is 624.